The fourth-order valence-electron chi connectivity index (χ4n) is 2.39. The molecule has 0 saturated heterocycles. The second kappa shape index (κ2) is 8.44. The molecular weight excluding hydrogens is 382 g/mol. The van der Waals surface area contributed by atoms with E-state index in [1.165, 1.54) is 16.8 Å². The third-order valence-electron chi connectivity index (χ3n) is 3.76. The fraction of sp³-hybridized carbons (Fsp3) is 0.167. The first-order valence-electron chi connectivity index (χ1n) is 8.36. The number of anilines is 2. The number of benzene rings is 1. The van der Waals surface area contributed by atoms with Crippen molar-refractivity contribution in [3.05, 3.63) is 74.0 Å². The van der Waals surface area contributed by atoms with Crippen molar-refractivity contribution in [3.8, 4) is 0 Å². The molecule has 3 aromatic rings. The summed E-state index contributed by atoms with van der Waals surface area (Å²) in [4.78, 5) is 53.9. The van der Waals surface area contributed by atoms with E-state index in [4.69, 9.17) is 0 Å². The summed E-state index contributed by atoms with van der Waals surface area (Å²) in [5, 5.41) is 5.70. The number of nitrogens with one attached hydrogen (secondary N) is 3. The van der Waals surface area contributed by atoms with Crippen molar-refractivity contribution in [2.45, 2.75) is 19.9 Å². The Morgan fingerprint density at radius 1 is 1.14 bits per heavy atom. The first-order valence-corrected chi connectivity index (χ1v) is 9.17. The van der Waals surface area contributed by atoms with Gasteiger partial charge in [-0.2, -0.15) is 0 Å². The number of aryl methyl sites for hydroxylation is 2. The maximum atomic E-state index is 12.4. The predicted molar refractivity (Wildman–Crippen MR) is 106 cm³/mol. The molecule has 9 nitrogen and oxygen atoms in total. The molecule has 0 spiro atoms. The van der Waals surface area contributed by atoms with E-state index < -0.39 is 11.2 Å². The fourth-order valence-corrected chi connectivity index (χ4v) is 3.27. The molecule has 0 aliphatic carbocycles. The van der Waals surface area contributed by atoms with Crippen molar-refractivity contribution >= 4 is 34.0 Å². The van der Waals surface area contributed by atoms with Crippen LogP contribution in [0.1, 0.15) is 21.8 Å². The van der Waals surface area contributed by atoms with Crippen LogP contribution in [0.3, 0.4) is 0 Å². The number of nitrogens with zero attached hydrogens (tertiary/aromatic N) is 2. The Balaban J connectivity index is 1.61. The van der Waals surface area contributed by atoms with Gasteiger partial charge in [0.1, 0.15) is 4.88 Å². The van der Waals surface area contributed by atoms with E-state index in [2.05, 4.69) is 20.6 Å². The molecule has 1 aromatic carbocycles. The van der Waals surface area contributed by atoms with Crippen molar-refractivity contribution in [2.75, 3.05) is 10.6 Å². The van der Waals surface area contributed by atoms with Crippen molar-refractivity contribution in [3.63, 3.8) is 0 Å². The summed E-state index contributed by atoms with van der Waals surface area (Å²) >= 11 is 1.07. The zero-order valence-corrected chi connectivity index (χ0v) is 15.7. The highest BCUT2D eigenvalue weighted by atomic mass is 32.1. The summed E-state index contributed by atoms with van der Waals surface area (Å²) in [6.45, 7) is 1.79. The van der Waals surface area contributed by atoms with Crippen molar-refractivity contribution in [1.29, 1.82) is 0 Å². The molecule has 0 atom stereocenters. The number of H-pyrrole nitrogens is 1. The smallest absolute Gasteiger partial charge is 0.321 e. The SMILES string of the molecule is Cc1nc(NC(=O)CCn2ccc(=O)[nH]c2=O)sc1C(=O)Nc1ccccc1. The van der Waals surface area contributed by atoms with Crippen molar-refractivity contribution in [1.82, 2.24) is 14.5 Å². The monoisotopic (exact) mass is 399 g/mol. The molecule has 0 fully saturated rings. The molecule has 144 valence electrons. The van der Waals surface area contributed by atoms with E-state index in [1.807, 2.05) is 18.2 Å². The zero-order valence-electron chi connectivity index (χ0n) is 14.9. The van der Waals surface area contributed by atoms with Gasteiger partial charge < -0.3 is 15.2 Å². The predicted octanol–water partition coefficient (Wildman–Crippen LogP) is 1.58. The largest absolute Gasteiger partial charge is 0.328 e. The Morgan fingerprint density at radius 2 is 1.89 bits per heavy atom. The highest BCUT2D eigenvalue weighted by Crippen LogP contribution is 2.23. The molecule has 2 amide bonds. The number of para-hydroxylation sites is 1. The topological polar surface area (TPSA) is 126 Å². The molecule has 28 heavy (non-hydrogen) atoms. The Kier molecular flexibility index (Phi) is 5.80. The number of hydrogen-bond donors (Lipinski definition) is 3. The molecule has 0 radical (unpaired) electrons. The van der Waals surface area contributed by atoms with Crippen LogP contribution in [0, 0.1) is 6.92 Å². The molecule has 0 bridgehead atoms. The number of aromatic nitrogens is 3. The molecule has 2 heterocycles. The molecule has 0 aliphatic heterocycles. The summed E-state index contributed by atoms with van der Waals surface area (Å²) in [5.74, 6) is -0.664. The van der Waals surface area contributed by atoms with Gasteiger partial charge in [0.25, 0.3) is 11.5 Å². The summed E-state index contributed by atoms with van der Waals surface area (Å²) in [6, 6.07) is 10.2. The first kappa shape index (κ1) is 19.2. The van der Waals surface area contributed by atoms with Crippen LogP contribution in [-0.2, 0) is 11.3 Å². The Labute approximate surface area is 163 Å². The molecule has 0 saturated carbocycles. The van der Waals surface area contributed by atoms with Gasteiger partial charge in [0.2, 0.25) is 5.91 Å². The maximum absolute atomic E-state index is 12.4. The molecule has 3 N–H and O–H groups in total. The van der Waals surface area contributed by atoms with Gasteiger partial charge in [-0.3, -0.25) is 19.4 Å². The number of thiazole rings is 1. The molecule has 3 rings (SSSR count). The van der Waals surface area contributed by atoms with Gasteiger partial charge in [-0.15, -0.1) is 0 Å². The van der Waals surface area contributed by atoms with Crippen LogP contribution in [0.4, 0.5) is 10.8 Å². The van der Waals surface area contributed by atoms with Crippen LogP contribution in [0.25, 0.3) is 0 Å². The van der Waals surface area contributed by atoms with Crippen molar-refractivity contribution < 1.29 is 9.59 Å². The Hall–Kier alpha value is -3.53. The van der Waals surface area contributed by atoms with Gasteiger partial charge in [-0.1, -0.05) is 29.5 Å². The molecule has 0 unspecified atom stereocenters. The van der Waals surface area contributed by atoms with Gasteiger partial charge in [0.05, 0.1) is 5.69 Å². The molecule has 0 aliphatic rings. The maximum Gasteiger partial charge on any atom is 0.328 e. The summed E-state index contributed by atoms with van der Waals surface area (Å²) in [5.41, 5.74) is 0.0957. The second-order valence-electron chi connectivity index (χ2n) is 5.86. The van der Waals surface area contributed by atoms with E-state index in [9.17, 15) is 19.2 Å². The first-order chi connectivity index (χ1) is 13.4. The Bertz CT molecular complexity index is 1120. The van der Waals surface area contributed by atoms with Crippen LogP contribution in [0.5, 0.6) is 0 Å². The number of hydrogen-bond acceptors (Lipinski definition) is 6. The minimum atomic E-state index is -0.578. The Morgan fingerprint density at radius 3 is 2.61 bits per heavy atom. The molecule has 2 aromatic heterocycles. The zero-order chi connectivity index (χ0) is 20.1. The van der Waals surface area contributed by atoms with E-state index in [0.717, 1.165) is 11.3 Å². The van der Waals surface area contributed by atoms with Gasteiger partial charge in [-0.25, -0.2) is 9.78 Å². The molecular formula is C18H17N5O4S. The normalized spacial score (nSPS) is 10.5. The van der Waals surface area contributed by atoms with Crippen LogP contribution in [0.15, 0.2) is 52.2 Å². The summed E-state index contributed by atoms with van der Waals surface area (Å²) < 4.78 is 1.23. The third kappa shape index (κ3) is 4.80. The number of carbonyl (C=O) groups is 2. The standard InChI is InChI=1S/C18H17N5O4S/c1-11-15(16(26)20-12-5-3-2-4-6-12)28-17(19-11)21-13(24)7-9-23-10-8-14(25)22-18(23)27/h2-6,8,10H,7,9H2,1H3,(H,20,26)(H,19,21,24)(H,22,25,27). The number of aromatic amines is 1. The van der Waals surface area contributed by atoms with Gasteiger partial charge >= 0.3 is 5.69 Å². The van der Waals surface area contributed by atoms with E-state index >= 15 is 0 Å². The van der Waals surface area contributed by atoms with Crippen LogP contribution in [0.2, 0.25) is 0 Å². The summed E-state index contributed by atoms with van der Waals surface area (Å²) in [6.07, 6.45) is 1.34. The van der Waals surface area contributed by atoms with E-state index in [1.54, 1.807) is 19.1 Å². The number of carbonyl (C=O) groups excluding carboxylic acids is 2. The summed E-state index contributed by atoms with van der Waals surface area (Å²) in [7, 11) is 0. The third-order valence-corrected chi connectivity index (χ3v) is 4.83. The lowest BCUT2D eigenvalue weighted by Crippen LogP contribution is -2.29. The van der Waals surface area contributed by atoms with E-state index in [-0.39, 0.29) is 24.8 Å². The second-order valence-corrected chi connectivity index (χ2v) is 6.85. The van der Waals surface area contributed by atoms with E-state index in [0.29, 0.717) is 21.4 Å². The number of amides is 2. The highest BCUT2D eigenvalue weighted by Gasteiger charge is 2.17. The average molecular weight is 399 g/mol. The minimum Gasteiger partial charge on any atom is -0.321 e. The highest BCUT2D eigenvalue weighted by molar-refractivity contribution is 7.17. The lowest BCUT2D eigenvalue weighted by Gasteiger charge is -2.04. The minimum absolute atomic E-state index is 0.0100. The average Bonchev–Trinajstić information content (AvgIpc) is 3.02. The molecule has 10 heteroatoms. The van der Waals surface area contributed by atoms with Gasteiger partial charge in [-0.05, 0) is 19.1 Å². The number of rotatable bonds is 6. The lowest BCUT2D eigenvalue weighted by molar-refractivity contribution is -0.116. The van der Waals surface area contributed by atoms with Crippen LogP contribution >= 0.6 is 11.3 Å². The van der Waals surface area contributed by atoms with Crippen molar-refractivity contribution in [2.24, 2.45) is 0 Å². The van der Waals surface area contributed by atoms with Crippen LogP contribution in [-0.4, -0.2) is 26.3 Å². The van der Waals surface area contributed by atoms with Gasteiger partial charge in [0, 0.05) is 30.9 Å². The quantitative estimate of drug-likeness (QED) is 0.580. The van der Waals surface area contributed by atoms with Crippen LogP contribution < -0.4 is 21.9 Å². The lowest BCUT2D eigenvalue weighted by atomic mass is 10.3. The van der Waals surface area contributed by atoms with Gasteiger partial charge in [0.15, 0.2) is 5.13 Å².